The van der Waals surface area contributed by atoms with Crippen LogP contribution in [0.4, 0.5) is 0 Å². The molecule has 0 bridgehead atoms. The maximum Gasteiger partial charge on any atom is 0.247 e. The van der Waals surface area contributed by atoms with Crippen molar-refractivity contribution in [3.63, 3.8) is 0 Å². The van der Waals surface area contributed by atoms with Crippen LogP contribution >= 0.6 is 0 Å². The number of hydrogen-bond donors (Lipinski definition) is 2. The van der Waals surface area contributed by atoms with Gasteiger partial charge in [0.2, 0.25) is 17.7 Å². The quantitative estimate of drug-likeness (QED) is 0.690. The number of rotatable bonds is 4. The number of nitrogens with zero attached hydrogens (tertiary/aromatic N) is 1. The van der Waals surface area contributed by atoms with E-state index in [1.165, 1.54) is 4.90 Å². The Hall–Kier alpha value is -1.43. The molecule has 1 aliphatic heterocycles. The molecule has 2 aliphatic rings. The maximum atomic E-state index is 12.0. The smallest absolute Gasteiger partial charge is 0.247 e. The second-order valence-corrected chi connectivity index (χ2v) is 6.27. The van der Waals surface area contributed by atoms with Gasteiger partial charge in [-0.2, -0.15) is 0 Å². The lowest BCUT2D eigenvalue weighted by Gasteiger charge is -2.21. The van der Waals surface area contributed by atoms with Crippen molar-refractivity contribution in [2.24, 2.45) is 0 Å². The summed E-state index contributed by atoms with van der Waals surface area (Å²) in [7, 11) is 0. The van der Waals surface area contributed by atoms with Crippen LogP contribution in [-0.4, -0.2) is 46.8 Å². The standard InChI is InChI=1S/C13H21N3O3/c1-13(2,3)15-10(17)7-14-9-6-11(18)16(12(9)19)8-4-5-8/h8-9,14H,4-7H2,1-3H3,(H,15,17). The van der Waals surface area contributed by atoms with E-state index in [0.717, 1.165) is 12.8 Å². The van der Waals surface area contributed by atoms with Crippen LogP contribution in [0.15, 0.2) is 0 Å². The normalized spacial score (nSPS) is 23.9. The van der Waals surface area contributed by atoms with E-state index in [1.54, 1.807) is 0 Å². The lowest BCUT2D eigenvalue weighted by atomic mass is 10.1. The highest BCUT2D eigenvalue weighted by atomic mass is 16.2. The molecule has 0 aromatic heterocycles. The van der Waals surface area contributed by atoms with Crippen molar-refractivity contribution < 1.29 is 14.4 Å². The molecule has 19 heavy (non-hydrogen) atoms. The highest BCUT2D eigenvalue weighted by Crippen LogP contribution is 2.31. The molecule has 0 aromatic carbocycles. The molecule has 2 N–H and O–H groups in total. The summed E-state index contributed by atoms with van der Waals surface area (Å²) in [5.41, 5.74) is -0.297. The maximum absolute atomic E-state index is 12.0. The molecular formula is C13H21N3O3. The summed E-state index contributed by atoms with van der Waals surface area (Å²) < 4.78 is 0. The number of carbonyl (C=O) groups excluding carboxylic acids is 3. The number of amides is 3. The molecule has 1 saturated heterocycles. The van der Waals surface area contributed by atoms with Crippen molar-refractivity contribution in [2.45, 2.75) is 57.7 Å². The van der Waals surface area contributed by atoms with Crippen molar-refractivity contribution in [3.05, 3.63) is 0 Å². The molecule has 6 heteroatoms. The van der Waals surface area contributed by atoms with E-state index in [-0.39, 0.29) is 42.3 Å². The molecule has 1 unspecified atom stereocenters. The minimum atomic E-state index is -0.543. The number of hydrogen-bond acceptors (Lipinski definition) is 4. The van der Waals surface area contributed by atoms with Gasteiger partial charge in [-0.25, -0.2) is 0 Å². The van der Waals surface area contributed by atoms with E-state index in [1.807, 2.05) is 20.8 Å². The van der Waals surface area contributed by atoms with Crippen molar-refractivity contribution in [2.75, 3.05) is 6.54 Å². The summed E-state index contributed by atoms with van der Waals surface area (Å²) in [6, 6.07) is -0.436. The third-order valence-electron chi connectivity index (χ3n) is 3.12. The van der Waals surface area contributed by atoms with Gasteiger partial charge in [0.25, 0.3) is 0 Å². The SMILES string of the molecule is CC(C)(C)NC(=O)CNC1CC(=O)N(C2CC2)C1=O. The Morgan fingerprint density at radius 2 is 1.95 bits per heavy atom. The molecule has 1 aliphatic carbocycles. The molecule has 6 nitrogen and oxygen atoms in total. The van der Waals surface area contributed by atoms with Crippen LogP contribution < -0.4 is 10.6 Å². The van der Waals surface area contributed by atoms with Gasteiger partial charge in [-0.3, -0.25) is 24.6 Å². The second kappa shape index (κ2) is 4.92. The average Bonchev–Trinajstić information content (AvgIpc) is 3.02. The molecular weight excluding hydrogens is 246 g/mol. The number of likely N-dealkylation sites (tertiary alicyclic amines) is 1. The molecule has 106 valence electrons. The second-order valence-electron chi connectivity index (χ2n) is 6.27. The van der Waals surface area contributed by atoms with Gasteiger partial charge in [0.05, 0.1) is 19.0 Å². The fraction of sp³-hybridized carbons (Fsp3) is 0.769. The topological polar surface area (TPSA) is 78.5 Å². The van der Waals surface area contributed by atoms with Crippen LogP contribution in [0.1, 0.15) is 40.0 Å². The number of carbonyl (C=O) groups is 3. The zero-order valence-corrected chi connectivity index (χ0v) is 11.7. The Balaban J connectivity index is 1.82. The van der Waals surface area contributed by atoms with Crippen LogP contribution in [0.3, 0.4) is 0 Å². The molecule has 2 fully saturated rings. The summed E-state index contributed by atoms with van der Waals surface area (Å²) in [6.07, 6.45) is 1.99. The van der Waals surface area contributed by atoms with Crippen LogP contribution in [0.5, 0.6) is 0 Å². The molecule has 1 atom stereocenters. The predicted molar refractivity (Wildman–Crippen MR) is 69.2 cm³/mol. The Morgan fingerprint density at radius 1 is 1.32 bits per heavy atom. The van der Waals surface area contributed by atoms with Crippen LogP contribution in [-0.2, 0) is 14.4 Å². The van der Waals surface area contributed by atoms with Gasteiger partial charge >= 0.3 is 0 Å². The van der Waals surface area contributed by atoms with Gasteiger partial charge in [0.15, 0.2) is 0 Å². The highest BCUT2D eigenvalue weighted by molar-refractivity contribution is 6.06. The summed E-state index contributed by atoms with van der Waals surface area (Å²) in [6.45, 7) is 5.73. The Morgan fingerprint density at radius 3 is 2.47 bits per heavy atom. The van der Waals surface area contributed by atoms with Crippen molar-refractivity contribution in [1.82, 2.24) is 15.5 Å². The van der Waals surface area contributed by atoms with Crippen LogP contribution in [0, 0.1) is 0 Å². The molecule has 3 amide bonds. The monoisotopic (exact) mass is 267 g/mol. The van der Waals surface area contributed by atoms with E-state index < -0.39 is 6.04 Å². The van der Waals surface area contributed by atoms with Gasteiger partial charge < -0.3 is 5.32 Å². The predicted octanol–water partition coefficient (Wildman–Crippen LogP) is -0.219. The average molecular weight is 267 g/mol. The van der Waals surface area contributed by atoms with Crippen molar-refractivity contribution in [3.8, 4) is 0 Å². The van der Waals surface area contributed by atoms with E-state index in [2.05, 4.69) is 10.6 Å². The number of nitrogens with one attached hydrogen (secondary N) is 2. The molecule has 1 saturated carbocycles. The first-order chi connectivity index (χ1) is 8.78. The molecule has 1 heterocycles. The van der Waals surface area contributed by atoms with Gasteiger partial charge in [-0.1, -0.05) is 0 Å². The first-order valence-corrected chi connectivity index (χ1v) is 6.68. The minimum Gasteiger partial charge on any atom is -0.350 e. The van der Waals surface area contributed by atoms with Gasteiger partial charge in [0, 0.05) is 11.6 Å². The highest BCUT2D eigenvalue weighted by Gasteiger charge is 2.45. The Bertz CT molecular complexity index is 410. The van der Waals surface area contributed by atoms with Gasteiger partial charge in [0.1, 0.15) is 0 Å². The largest absolute Gasteiger partial charge is 0.350 e. The van der Waals surface area contributed by atoms with E-state index in [9.17, 15) is 14.4 Å². The fourth-order valence-corrected chi connectivity index (χ4v) is 2.21. The zero-order valence-electron chi connectivity index (χ0n) is 11.7. The molecule has 2 rings (SSSR count). The minimum absolute atomic E-state index is 0.0550. The van der Waals surface area contributed by atoms with E-state index >= 15 is 0 Å². The first-order valence-electron chi connectivity index (χ1n) is 6.68. The van der Waals surface area contributed by atoms with Gasteiger partial charge in [-0.05, 0) is 33.6 Å². The first kappa shape index (κ1) is 14.0. The third kappa shape index (κ3) is 3.53. The Kier molecular flexibility index (Phi) is 3.62. The van der Waals surface area contributed by atoms with Crippen LogP contribution in [0.25, 0.3) is 0 Å². The molecule has 0 spiro atoms. The van der Waals surface area contributed by atoms with E-state index in [0.29, 0.717) is 0 Å². The summed E-state index contributed by atoms with van der Waals surface area (Å²) in [5, 5.41) is 5.68. The lowest BCUT2D eigenvalue weighted by Crippen LogP contribution is -2.48. The van der Waals surface area contributed by atoms with Crippen LogP contribution in [0.2, 0.25) is 0 Å². The Labute approximate surface area is 112 Å². The summed E-state index contributed by atoms with van der Waals surface area (Å²) >= 11 is 0. The zero-order chi connectivity index (χ0) is 14.2. The summed E-state index contributed by atoms with van der Waals surface area (Å²) in [4.78, 5) is 36.7. The lowest BCUT2D eigenvalue weighted by molar-refractivity contribution is -0.139. The fourth-order valence-electron chi connectivity index (χ4n) is 2.21. The number of imide groups is 1. The van der Waals surface area contributed by atoms with Crippen molar-refractivity contribution in [1.29, 1.82) is 0 Å². The van der Waals surface area contributed by atoms with Gasteiger partial charge in [-0.15, -0.1) is 0 Å². The van der Waals surface area contributed by atoms with Crippen molar-refractivity contribution >= 4 is 17.7 Å². The molecule has 0 radical (unpaired) electrons. The third-order valence-corrected chi connectivity index (χ3v) is 3.12. The summed E-state index contributed by atoms with van der Waals surface area (Å²) in [5.74, 6) is -0.477. The van der Waals surface area contributed by atoms with E-state index in [4.69, 9.17) is 0 Å². The molecule has 0 aromatic rings.